The van der Waals surface area contributed by atoms with Crippen LogP contribution >= 0.6 is 0 Å². The molecule has 0 aromatic heterocycles. The molecule has 0 amide bonds. The molecule has 0 aliphatic carbocycles. The van der Waals surface area contributed by atoms with Gasteiger partial charge in [0.2, 0.25) is 0 Å². The highest BCUT2D eigenvalue weighted by atomic mass is 15.2. The van der Waals surface area contributed by atoms with Crippen LogP contribution in [-0.4, -0.2) is 25.7 Å². The lowest BCUT2D eigenvalue weighted by molar-refractivity contribution is 0.466. The molecule has 18 heavy (non-hydrogen) atoms. The van der Waals surface area contributed by atoms with Crippen LogP contribution in [0.25, 0.3) is 0 Å². The molecule has 2 nitrogen and oxygen atoms in total. The Morgan fingerprint density at radius 3 is 2.44 bits per heavy atom. The number of piperazine rings is 1. The molecule has 1 saturated heterocycles. The molecule has 0 saturated carbocycles. The Morgan fingerprint density at radius 2 is 1.89 bits per heavy atom. The van der Waals surface area contributed by atoms with E-state index >= 15 is 0 Å². The van der Waals surface area contributed by atoms with Crippen LogP contribution in [0.2, 0.25) is 0 Å². The topological polar surface area (TPSA) is 15.3 Å². The first kappa shape index (κ1) is 13.4. The second-order valence-electron chi connectivity index (χ2n) is 6.26. The Balaban J connectivity index is 2.18. The minimum Gasteiger partial charge on any atom is -0.366 e. The number of nitrogens with one attached hydrogen (secondary N) is 1. The first-order chi connectivity index (χ1) is 8.52. The van der Waals surface area contributed by atoms with Crippen molar-refractivity contribution in [2.75, 3.05) is 24.5 Å². The summed E-state index contributed by atoms with van der Waals surface area (Å²) in [5.41, 5.74) is 3.03. The van der Waals surface area contributed by atoms with Crippen LogP contribution in [0.15, 0.2) is 24.3 Å². The fourth-order valence-electron chi connectivity index (χ4n) is 2.62. The summed E-state index contributed by atoms with van der Waals surface area (Å²) in [6.45, 7) is 12.4. The van der Waals surface area contributed by atoms with Crippen LogP contribution in [0.5, 0.6) is 0 Å². The van der Waals surface area contributed by atoms with Gasteiger partial charge in [-0.25, -0.2) is 0 Å². The molecule has 1 heterocycles. The van der Waals surface area contributed by atoms with Gasteiger partial charge in [0.1, 0.15) is 0 Å². The third kappa shape index (κ3) is 2.86. The number of benzene rings is 1. The smallest absolute Gasteiger partial charge is 0.0412 e. The fraction of sp³-hybridized carbons (Fsp3) is 0.625. The van der Waals surface area contributed by atoms with Crippen LogP contribution < -0.4 is 10.2 Å². The van der Waals surface area contributed by atoms with Crippen molar-refractivity contribution in [1.82, 2.24) is 5.32 Å². The largest absolute Gasteiger partial charge is 0.366 e. The third-order valence-corrected chi connectivity index (χ3v) is 3.89. The summed E-state index contributed by atoms with van der Waals surface area (Å²) in [5, 5.41) is 3.48. The average molecular weight is 246 g/mol. The van der Waals surface area contributed by atoms with E-state index in [0.29, 0.717) is 6.04 Å². The van der Waals surface area contributed by atoms with Crippen LogP contribution in [0.1, 0.15) is 39.7 Å². The first-order valence-electron chi connectivity index (χ1n) is 7.10. The first-order valence-corrected chi connectivity index (χ1v) is 7.10. The van der Waals surface area contributed by atoms with E-state index in [1.54, 1.807) is 0 Å². The van der Waals surface area contributed by atoms with Gasteiger partial charge in [-0.2, -0.15) is 0 Å². The standard InChI is InChI=1S/C16H26N2/c1-5-14-12-17-10-11-18(14)15-8-6-13(7-9-15)16(2,3)4/h6-9,14,17H,5,10-12H2,1-4H3. The van der Waals surface area contributed by atoms with Gasteiger partial charge in [0.25, 0.3) is 0 Å². The lowest BCUT2D eigenvalue weighted by atomic mass is 9.87. The maximum absolute atomic E-state index is 3.48. The highest BCUT2D eigenvalue weighted by Gasteiger charge is 2.21. The molecular weight excluding hydrogens is 220 g/mol. The summed E-state index contributed by atoms with van der Waals surface area (Å²) in [6, 6.07) is 9.77. The third-order valence-electron chi connectivity index (χ3n) is 3.89. The van der Waals surface area contributed by atoms with Crippen molar-refractivity contribution in [1.29, 1.82) is 0 Å². The lowest BCUT2D eigenvalue weighted by Crippen LogP contribution is -2.51. The van der Waals surface area contributed by atoms with Gasteiger partial charge in [-0.05, 0) is 29.5 Å². The van der Waals surface area contributed by atoms with Crippen molar-refractivity contribution in [3.05, 3.63) is 29.8 Å². The van der Waals surface area contributed by atoms with Gasteiger partial charge in [-0.15, -0.1) is 0 Å². The molecule has 0 spiro atoms. The molecule has 0 bridgehead atoms. The van der Waals surface area contributed by atoms with Crippen molar-refractivity contribution in [3.63, 3.8) is 0 Å². The Kier molecular flexibility index (Phi) is 3.96. The number of rotatable bonds is 2. The van der Waals surface area contributed by atoms with Gasteiger partial charge in [0, 0.05) is 31.4 Å². The van der Waals surface area contributed by atoms with Crippen LogP contribution in [0, 0.1) is 0 Å². The lowest BCUT2D eigenvalue weighted by Gasteiger charge is -2.37. The van der Waals surface area contributed by atoms with E-state index in [1.165, 1.54) is 17.7 Å². The van der Waals surface area contributed by atoms with E-state index in [-0.39, 0.29) is 5.41 Å². The van der Waals surface area contributed by atoms with E-state index in [1.807, 2.05) is 0 Å². The normalized spacial score (nSPS) is 21.1. The SMILES string of the molecule is CCC1CNCCN1c1ccc(C(C)(C)C)cc1. The maximum atomic E-state index is 3.48. The van der Waals surface area contributed by atoms with Gasteiger partial charge >= 0.3 is 0 Å². The Morgan fingerprint density at radius 1 is 1.22 bits per heavy atom. The predicted octanol–water partition coefficient (Wildman–Crippen LogP) is 3.17. The van der Waals surface area contributed by atoms with E-state index in [2.05, 4.69) is 62.2 Å². The van der Waals surface area contributed by atoms with Crippen molar-refractivity contribution in [2.45, 2.75) is 45.6 Å². The quantitative estimate of drug-likeness (QED) is 0.862. The average Bonchev–Trinajstić information content (AvgIpc) is 2.38. The summed E-state index contributed by atoms with van der Waals surface area (Å²) in [6.07, 6.45) is 1.20. The van der Waals surface area contributed by atoms with Gasteiger partial charge in [0.15, 0.2) is 0 Å². The Bertz CT molecular complexity index is 375. The van der Waals surface area contributed by atoms with E-state index < -0.39 is 0 Å². The number of hydrogen-bond donors (Lipinski definition) is 1. The van der Waals surface area contributed by atoms with Gasteiger partial charge in [-0.3, -0.25) is 0 Å². The maximum Gasteiger partial charge on any atom is 0.0412 e. The number of nitrogens with zero attached hydrogens (tertiary/aromatic N) is 1. The monoisotopic (exact) mass is 246 g/mol. The zero-order valence-electron chi connectivity index (χ0n) is 12.2. The molecular formula is C16H26N2. The van der Waals surface area contributed by atoms with E-state index in [0.717, 1.165) is 19.6 Å². The molecule has 100 valence electrons. The second kappa shape index (κ2) is 5.31. The molecule has 1 aromatic carbocycles. The Labute approximate surface area is 111 Å². The second-order valence-corrected chi connectivity index (χ2v) is 6.26. The summed E-state index contributed by atoms with van der Waals surface area (Å²) in [5.74, 6) is 0. The van der Waals surface area contributed by atoms with Crippen LogP contribution in [0.4, 0.5) is 5.69 Å². The number of hydrogen-bond acceptors (Lipinski definition) is 2. The van der Waals surface area contributed by atoms with E-state index in [9.17, 15) is 0 Å². The summed E-state index contributed by atoms with van der Waals surface area (Å²) >= 11 is 0. The summed E-state index contributed by atoms with van der Waals surface area (Å²) in [7, 11) is 0. The minimum absolute atomic E-state index is 0.242. The van der Waals surface area contributed by atoms with E-state index in [4.69, 9.17) is 0 Å². The fourth-order valence-corrected chi connectivity index (χ4v) is 2.62. The van der Waals surface area contributed by atoms with Gasteiger partial charge < -0.3 is 10.2 Å². The molecule has 1 aliphatic rings. The predicted molar refractivity (Wildman–Crippen MR) is 79.4 cm³/mol. The summed E-state index contributed by atoms with van der Waals surface area (Å²) < 4.78 is 0. The molecule has 1 fully saturated rings. The highest BCUT2D eigenvalue weighted by Crippen LogP contribution is 2.26. The molecule has 2 rings (SSSR count). The minimum atomic E-state index is 0.242. The molecule has 1 unspecified atom stereocenters. The van der Waals surface area contributed by atoms with Crippen molar-refractivity contribution < 1.29 is 0 Å². The van der Waals surface area contributed by atoms with Gasteiger partial charge in [0.05, 0.1) is 0 Å². The zero-order chi connectivity index (χ0) is 13.2. The molecule has 1 N–H and O–H groups in total. The van der Waals surface area contributed by atoms with Crippen LogP contribution in [0.3, 0.4) is 0 Å². The molecule has 1 aliphatic heterocycles. The molecule has 1 aromatic rings. The number of anilines is 1. The molecule has 1 atom stereocenters. The van der Waals surface area contributed by atoms with Gasteiger partial charge in [-0.1, -0.05) is 39.8 Å². The molecule has 2 heteroatoms. The van der Waals surface area contributed by atoms with Crippen molar-refractivity contribution in [2.24, 2.45) is 0 Å². The highest BCUT2D eigenvalue weighted by molar-refractivity contribution is 5.50. The van der Waals surface area contributed by atoms with Crippen molar-refractivity contribution >= 4 is 5.69 Å². The zero-order valence-corrected chi connectivity index (χ0v) is 12.2. The summed E-state index contributed by atoms with van der Waals surface area (Å²) in [4.78, 5) is 2.54. The Hall–Kier alpha value is -1.02. The molecule has 0 radical (unpaired) electrons. The van der Waals surface area contributed by atoms with Crippen LogP contribution in [-0.2, 0) is 5.41 Å². The van der Waals surface area contributed by atoms with Crippen molar-refractivity contribution in [3.8, 4) is 0 Å².